The maximum Gasteiger partial charge on any atom is 0.228 e. The van der Waals surface area contributed by atoms with Crippen LogP contribution in [0.3, 0.4) is 0 Å². The van der Waals surface area contributed by atoms with E-state index in [0.717, 1.165) is 13.1 Å². The molecule has 0 aliphatic carbocycles. The van der Waals surface area contributed by atoms with E-state index in [1.54, 1.807) is 0 Å². The Bertz CT molecular complexity index is 212. The molecule has 1 aliphatic rings. The molecule has 0 saturated carbocycles. The summed E-state index contributed by atoms with van der Waals surface area (Å²) >= 11 is 0. The van der Waals surface area contributed by atoms with Crippen LogP contribution in [-0.2, 0) is 4.79 Å². The van der Waals surface area contributed by atoms with Gasteiger partial charge in [0.05, 0.1) is 0 Å². The van der Waals surface area contributed by atoms with Crippen molar-refractivity contribution in [2.45, 2.75) is 46.7 Å². The van der Waals surface area contributed by atoms with Crippen molar-refractivity contribution in [1.29, 1.82) is 0 Å². The van der Waals surface area contributed by atoms with Crippen LogP contribution in [0.2, 0.25) is 0 Å². The molecule has 0 spiro atoms. The molecule has 0 aromatic heterocycles. The first-order chi connectivity index (χ1) is 6.30. The molecule has 0 unspecified atom stereocenters. The van der Waals surface area contributed by atoms with Crippen LogP contribution in [0, 0.1) is 5.41 Å². The van der Waals surface area contributed by atoms with Crippen LogP contribution in [0.4, 0.5) is 0 Å². The van der Waals surface area contributed by atoms with Crippen LogP contribution in [0.5, 0.6) is 0 Å². The molecule has 0 radical (unpaired) electrons. The molecule has 1 saturated heterocycles. The van der Waals surface area contributed by atoms with Gasteiger partial charge in [-0.3, -0.25) is 4.79 Å². The van der Waals surface area contributed by atoms with Crippen LogP contribution >= 0.6 is 0 Å². The molecule has 0 aromatic carbocycles. The second-order valence-corrected chi connectivity index (χ2v) is 5.48. The molecule has 14 heavy (non-hydrogen) atoms. The first-order valence-corrected chi connectivity index (χ1v) is 5.36. The van der Waals surface area contributed by atoms with Crippen molar-refractivity contribution in [2.75, 3.05) is 13.1 Å². The summed E-state index contributed by atoms with van der Waals surface area (Å²) < 4.78 is 0. The topological polar surface area (TPSA) is 32.3 Å². The molecule has 3 nitrogen and oxygen atoms in total. The second kappa shape index (κ2) is 3.89. The van der Waals surface area contributed by atoms with Gasteiger partial charge in [-0.2, -0.15) is 0 Å². The van der Waals surface area contributed by atoms with E-state index >= 15 is 0 Å². The number of carbonyl (C=O) groups excluding carboxylic acids is 1. The highest BCUT2D eigenvalue weighted by molar-refractivity contribution is 5.82. The average molecular weight is 198 g/mol. The average Bonchev–Trinajstić information content (AvgIpc) is 1.92. The third kappa shape index (κ3) is 2.71. The minimum Gasteiger partial charge on any atom is -0.339 e. The van der Waals surface area contributed by atoms with E-state index in [4.69, 9.17) is 0 Å². The molecule has 82 valence electrons. The standard InChI is InChI=1S/C11H22N2O/c1-8(2)12-9-6-13(7-9)10(14)11(3,4)5/h8-9,12H,6-7H2,1-5H3. The Kier molecular flexibility index (Phi) is 3.20. The van der Waals surface area contributed by atoms with E-state index in [9.17, 15) is 4.79 Å². The minimum absolute atomic E-state index is 0.233. The molecule has 1 N–H and O–H groups in total. The van der Waals surface area contributed by atoms with Gasteiger partial charge in [0.15, 0.2) is 0 Å². The SMILES string of the molecule is CC(C)NC1CN(C(=O)C(C)(C)C)C1. The van der Waals surface area contributed by atoms with Crippen LogP contribution < -0.4 is 5.32 Å². The normalized spacial score (nSPS) is 18.6. The highest BCUT2D eigenvalue weighted by Gasteiger charge is 2.35. The first-order valence-electron chi connectivity index (χ1n) is 5.36. The summed E-state index contributed by atoms with van der Waals surface area (Å²) in [4.78, 5) is 13.7. The van der Waals surface area contributed by atoms with Gasteiger partial charge in [0.2, 0.25) is 5.91 Å². The van der Waals surface area contributed by atoms with Crippen LogP contribution in [-0.4, -0.2) is 36.0 Å². The fourth-order valence-corrected chi connectivity index (χ4v) is 1.70. The quantitative estimate of drug-likeness (QED) is 0.724. The van der Waals surface area contributed by atoms with Gasteiger partial charge in [0, 0.05) is 30.6 Å². The summed E-state index contributed by atoms with van der Waals surface area (Å²) in [5.41, 5.74) is -0.233. The third-order valence-electron chi connectivity index (χ3n) is 2.38. The molecule has 1 rings (SSSR count). The number of hydrogen-bond donors (Lipinski definition) is 1. The lowest BCUT2D eigenvalue weighted by atomic mass is 9.92. The number of hydrogen-bond acceptors (Lipinski definition) is 2. The monoisotopic (exact) mass is 198 g/mol. The predicted molar refractivity (Wildman–Crippen MR) is 58.1 cm³/mol. The van der Waals surface area contributed by atoms with Gasteiger partial charge in [-0.1, -0.05) is 34.6 Å². The van der Waals surface area contributed by atoms with Gasteiger partial charge < -0.3 is 10.2 Å². The maximum atomic E-state index is 11.8. The van der Waals surface area contributed by atoms with Gasteiger partial charge >= 0.3 is 0 Å². The number of amides is 1. The molecular weight excluding hydrogens is 176 g/mol. The van der Waals surface area contributed by atoms with Gasteiger partial charge in [-0.25, -0.2) is 0 Å². The summed E-state index contributed by atoms with van der Waals surface area (Å²) in [6, 6.07) is 1.01. The molecule has 0 aromatic rings. The van der Waals surface area contributed by atoms with Crippen molar-refractivity contribution >= 4 is 5.91 Å². The zero-order valence-electron chi connectivity index (χ0n) is 9.92. The van der Waals surface area contributed by atoms with Crippen molar-refractivity contribution < 1.29 is 4.79 Å². The number of likely N-dealkylation sites (tertiary alicyclic amines) is 1. The van der Waals surface area contributed by atoms with Gasteiger partial charge in [0.25, 0.3) is 0 Å². The Balaban J connectivity index is 2.31. The zero-order valence-corrected chi connectivity index (χ0v) is 9.92. The highest BCUT2D eigenvalue weighted by Crippen LogP contribution is 2.21. The van der Waals surface area contributed by atoms with E-state index in [1.807, 2.05) is 25.7 Å². The van der Waals surface area contributed by atoms with Crippen molar-refractivity contribution in [3.63, 3.8) is 0 Å². The Labute approximate surface area is 86.9 Å². The number of carbonyl (C=O) groups is 1. The Morgan fingerprint density at radius 2 is 1.86 bits per heavy atom. The molecule has 1 amide bonds. The lowest BCUT2D eigenvalue weighted by Crippen LogP contribution is -2.62. The van der Waals surface area contributed by atoms with Gasteiger partial charge in [-0.15, -0.1) is 0 Å². The first kappa shape index (κ1) is 11.5. The summed E-state index contributed by atoms with van der Waals surface area (Å²) in [5, 5.41) is 3.42. The number of rotatable bonds is 2. The minimum atomic E-state index is -0.233. The van der Waals surface area contributed by atoms with Gasteiger partial charge in [0.1, 0.15) is 0 Å². The molecule has 1 fully saturated rings. The third-order valence-corrected chi connectivity index (χ3v) is 2.38. The fraction of sp³-hybridized carbons (Fsp3) is 0.909. The zero-order chi connectivity index (χ0) is 10.9. The fourth-order valence-electron chi connectivity index (χ4n) is 1.70. The van der Waals surface area contributed by atoms with E-state index < -0.39 is 0 Å². The van der Waals surface area contributed by atoms with E-state index in [0.29, 0.717) is 12.1 Å². The van der Waals surface area contributed by atoms with Crippen molar-refractivity contribution in [3.05, 3.63) is 0 Å². The lowest BCUT2D eigenvalue weighted by Gasteiger charge is -2.43. The molecular formula is C11H22N2O. The molecule has 1 heterocycles. The Hall–Kier alpha value is -0.570. The predicted octanol–water partition coefficient (Wildman–Crippen LogP) is 1.24. The van der Waals surface area contributed by atoms with E-state index in [-0.39, 0.29) is 11.3 Å². The molecule has 1 aliphatic heterocycles. The summed E-state index contributed by atoms with van der Waals surface area (Å²) in [6.45, 7) is 11.9. The second-order valence-electron chi connectivity index (χ2n) is 5.48. The highest BCUT2D eigenvalue weighted by atomic mass is 16.2. The van der Waals surface area contributed by atoms with Crippen molar-refractivity contribution in [3.8, 4) is 0 Å². The lowest BCUT2D eigenvalue weighted by molar-refractivity contribution is -0.144. The molecule has 3 heteroatoms. The number of nitrogens with one attached hydrogen (secondary N) is 1. The van der Waals surface area contributed by atoms with Crippen LogP contribution in [0.15, 0.2) is 0 Å². The molecule has 0 atom stereocenters. The summed E-state index contributed by atoms with van der Waals surface area (Å²) in [6.07, 6.45) is 0. The van der Waals surface area contributed by atoms with Crippen molar-refractivity contribution in [1.82, 2.24) is 10.2 Å². The molecule has 0 bridgehead atoms. The summed E-state index contributed by atoms with van der Waals surface area (Å²) in [7, 11) is 0. The van der Waals surface area contributed by atoms with Gasteiger partial charge in [-0.05, 0) is 0 Å². The number of nitrogens with zero attached hydrogens (tertiary/aromatic N) is 1. The summed E-state index contributed by atoms with van der Waals surface area (Å²) in [5.74, 6) is 0.263. The van der Waals surface area contributed by atoms with E-state index in [1.165, 1.54) is 0 Å². The maximum absolute atomic E-state index is 11.8. The van der Waals surface area contributed by atoms with E-state index in [2.05, 4.69) is 19.2 Å². The van der Waals surface area contributed by atoms with Crippen molar-refractivity contribution in [2.24, 2.45) is 5.41 Å². The Morgan fingerprint density at radius 3 is 2.21 bits per heavy atom. The van der Waals surface area contributed by atoms with Crippen LogP contribution in [0.25, 0.3) is 0 Å². The Morgan fingerprint density at radius 1 is 1.36 bits per heavy atom. The largest absolute Gasteiger partial charge is 0.339 e. The smallest absolute Gasteiger partial charge is 0.228 e. The van der Waals surface area contributed by atoms with Crippen LogP contribution in [0.1, 0.15) is 34.6 Å².